The van der Waals surface area contributed by atoms with Crippen LogP contribution >= 0.6 is 22.9 Å². The fourth-order valence-electron chi connectivity index (χ4n) is 1.71. The van der Waals surface area contributed by atoms with Gasteiger partial charge in [-0.3, -0.25) is 4.79 Å². The second-order valence-electron chi connectivity index (χ2n) is 4.46. The van der Waals surface area contributed by atoms with Crippen LogP contribution in [0.4, 0.5) is 0 Å². The molecule has 0 saturated carbocycles. The van der Waals surface area contributed by atoms with E-state index in [0.717, 1.165) is 21.9 Å². The van der Waals surface area contributed by atoms with Crippen LogP contribution in [0.5, 0.6) is 0 Å². The SMILES string of the molecule is CCc1ccc(CC(=O)c2snnc2C(C)C)s1. The number of carbonyl (C=O) groups excluding carboxylic acids is 1. The Labute approximate surface area is 115 Å². The summed E-state index contributed by atoms with van der Waals surface area (Å²) in [6.07, 6.45) is 1.49. The monoisotopic (exact) mass is 280 g/mol. The molecule has 0 spiro atoms. The molecule has 0 amide bonds. The van der Waals surface area contributed by atoms with Crippen LogP contribution in [-0.4, -0.2) is 15.4 Å². The first kappa shape index (κ1) is 13.4. The minimum absolute atomic E-state index is 0.137. The third kappa shape index (κ3) is 2.84. The van der Waals surface area contributed by atoms with Crippen LogP contribution in [0.3, 0.4) is 0 Å². The number of carbonyl (C=O) groups is 1. The molecule has 0 saturated heterocycles. The Bertz CT molecular complexity index is 543. The number of nitrogens with zero attached hydrogens (tertiary/aromatic N) is 2. The molecule has 0 fully saturated rings. The smallest absolute Gasteiger partial charge is 0.181 e. The summed E-state index contributed by atoms with van der Waals surface area (Å²) in [6, 6.07) is 4.15. The second-order valence-corrected chi connectivity index (χ2v) is 6.47. The number of hydrogen-bond acceptors (Lipinski definition) is 5. The summed E-state index contributed by atoms with van der Waals surface area (Å²) in [4.78, 5) is 15.4. The van der Waals surface area contributed by atoms with Gasteiger partial charge in [-0.05, 0) is 36.0 Å². The van der Waals surface area contributed by atoms with Crippen LogP contribution < -0.4 is 0 Å². The normalized spacial score (nSPS) is 11.1. The van der Waals surface area contributed by atoms with Crippen LogP contribution in [0.1, 0.15) is 51.8 Å². The van der Waals surface area contributed by atoms with E-state index in [0.29, 0.717) is 6.42 Å². The summed E-state index contributed by atoms with van der Waals surface area (Å²) in [5.41, 5.74) is 0.831. The van der Waals surface area contributed by atoms with Crippen molar-refractivity contribution in [3.63, 3.8) is 0 Å². The molecule has 0 radical (unpaired) electrons. The van der Waals surface area contributed by atoms with E-state index < -0.39 is 0 Å². The van der Waals surface area contributed by atoms with Gasteiger partial charge in [0.15, 0.2) is 5.78 Å². The van der Waals surface area contributed by atoms with E-state index in [9.17, 15) is 4.79 Å². The third-order valence-corrected chi connectivity index (χ3v) is 4.73. The average molecular weight is 280 g/mol. The van der Waals surface area contributed by atoms with Gasteiger partial charge in [-0.1, -0.05) is 25.3 Å². The summed E-state index contributed by atoms with van der Waals surface area (Å²) in [6.45, 7) is 6.20. The van der Waals surface area contributed by atoms with Gasteiger partial charge in [0.1, 0.15) is 4.88 Å². The molecule has 0 aliphatic heterocycles. The highest BCUT2D eigenvalue weighted by molar-refractivity contribution is 7.12. The van der Waals surface area contributed by atoms with Gasteiger partial charge in [0.25, 0.3) is 0 Å². The van der Waals surface area contributed by atoms with E-state index in [-0.39, 0.29) is 11.7 Å². The van der Waals surface area contributed by atoms with Crippen LogP contribution in [0.15, 0.2) is 12.1 Å². The molecule has 2 aromatic rings. The fraction of sp³-hybridized carbons (Fsp3) is 0.462. The van der Waals surface area contributed by atoms with Crippen molar-refractivity contribution in [2.45, 2.75) is 39.5 Å². The maximum atomic E-state index is 12.2. The number of rotatable bonds is 5. The van der Waals surface area contributed by atoms with Crippen molar-refractivity contribution < 1.29 is 4.79 Å². The molecule has 0 aliphatic carbocycles. The van der Waals surface area contributed by atoms with Crippen molar-refractivity contribution in [3.8, 4) is 0 Å². The van der Waals surface area contributed by atoms with Crippen molar-refractivity contribution in [1.82, 2.24) is 9.59 Å². The third-order valence-electron chi connectivity index (χ3n) is 2.71. The van der Waals surface area contributed by atoms with Crippen molar-refractivity contribution in [1.29, 1.82) is 0 Å². The molecule has 0 bridgehead atoms. The second kappa shape index (κ2) is 5.71. The zero-order valence-corrected chi connectivity index (χ0v) is 12.4. The molecule has 2 rings (SSSR count). The standard InChI is InChI=1S/C13H16N2OS2/c1-4-9-5-6-10(17-9)7-11(16)13-12(8(2)3)14-15-18-13/h5-6,8H,4,7H2,1-3H3. The zero-order valence-electron chi connectivity index (χ0n) is 10.8. The molecule has 0 aromatic carbocycles. The van der Waals surface area contributed by atoms with Gasteiger partial charge in [0.05, 0.1) is 5.69 Å². The lowest BCUT2D eigenvalue weighted by Crippen LogP contribution is -2.04. The maximum absolute atomic E-state index is 12.2. The highest BCUT2D eigenvalue weighted by Gasteiger charge is 2.19. The first-order chi connectivity index (χ1) is 8.61. The molecule has 0 atom stereocenters. The van der Waals surface area contributed by atoms with Crippen molar-refractivity contribution >= 4 is 28.7 Å². The number of aromatic nitrogens is 2. The number of aryl methyl sites for hydroxylation is 1. The molecular weight excluding hydrogens is 264 g/mol. The summed E-state index contributed by atoms with van der Waals surface area (Å²) < 4.78 is 3.90. The van der Waals surface area contributed by atoms with E-state index >= 15 is 0 Å². The summed E-state index contributed by atoms with van der Waals surface area (Å²) in [5, 5.41) is 4.05. The fourth-order valence-corrected chi connectivity index (χ4v) is 3.43. The lowest BCUT2D eigenvalue weighted by Gasteiger charge is -2.02. The topological polar surface area (TPSA) is 42.9 Å². The molecular formula is C13H16N2OS2. The van der Waals surface area contributed by atoms with Crippen LogP contribution in [0.2, 0.25) is 0 Å². The summed E-state index contributed by atoms with van der Waals surface area (Å²) in [5.74, 6) is 0.385. The van der Waals surface area contributed by atoms with Gasteiger partial charge in [-0.25, -0.2) is 0 Å². The predicted octanol–water partition coefficient (Wildman–Crippen LogP) is 3.71. The molecule has 0 N–H and O–H groups in total. The zero-order chi connectivity index (χ0) is 13.1. The molecule has 0 unspecified atom stereocenters. The Balaban J connectivity index is 2.14. The minimum Gasteiger partial charge on any atom is -0.293 e. The lowest BCUT2D eigenvalue weighted by atomic mass is 10.1. The highest BCUT2D eigenvalue weighted by Crippen LogP contribution is 2.24. The number of ketones is 1. The maximum Gasteiger partial charge on any atom is 0.181 e. The van der Waals surface area contributed by atoms with Crippen molar-refractivity contribution in [2.75, 3.05) is 0 Å². The Morgan fingerprint density at radius 1 is 1.33 bits per heavy atom. The van der Waals surface area contributed by atoms with Crippen LogP contribution in [-0.2, 0) is 12.8 Å². The predicted molar refractivity (Wildman–Crippen MR) is 75.7 cm³/mol. The minimum atomic E-state index is 0.137. The number of Topliss-reactive ketones (excluding diaryl/α,β-unsaturated/α-hetero) is 1. The molecule has 2 heterocycles. The lowest BCUT2D eigenvalue weighted by molar-refractivity contribution is 0.0996. The van der Waals surface area contributed by atoms with Gasteiger partial charge in [0.2, 0.25) is 0 Å². The molecule has 18 heavy (non-hydrogen) atoms. The van der Waals surface area contributed by atoms with Gasteiger partial charge < -0.3 is 0 Å². The van der Waals surface area contributed by atoms with Gasteiger partial charge in [-0.2, -0.15) is 0 Å². The van der Waals surface area contributed by atoms with E-state index in [1.54, 1.807) is 11.3 Å². The molecule has 5 heteroatoms. The molecule has 0 aliphatic rings. The van der Waals surface area contributed by atoms with Gasteiger partial charge in [-0.15, -0.1) is 16.4 Å². The summed E-state index contributed by atoms with van der Waals surface area (Å²) >= 11 is 2.93. The quantitative estimate of drug-likeness (QED) is 0.784. The van der Waals surface area contributed by atoms with Crippen molar-refractivity contribution in [2.24, 2.45) is 0 Å². The highest BCUT2D eigenvalue weighted by atomic mass is 32.1. The number of thiophene rings is 1. The largest absolute Gasteiger partial charge is 0.293 e. The van der Waals surface area contributed by atoms with Crippen molar-refractivity contribution in [3.05, 3.63) is 32.5 Å². The first-order valence-corrected chi connectivity index (χ1v) is 7.63. The van der Waals surface area contributed by atoms with E-state index in [4.69, 9.17) is 0 Å². The Hall–Kier alpha value is -1.07. The van der Waals surface area contributed by atoms with Crippen LogP contribution in [0.25, 0.3) is 0 Å². The van der Waals surface area contributed by atoms with Gasteiger partial charge >= 0.3 is 0 Å². The number of hydrogen-bond donors (Lipinski definition) is 0. The Morgan fingerprint density at radius 3 is 2.67 bits per heavy atom. The van der Waals surface area contributed by atoms with Crippen LogP contribution in [0, 0.1) is 0 Å². The van der Waals surface area contributed by atoms with E-state index in [1.807, 2.05) is 19.9 Å². The van der Waals surface area contributed by atoms with Gasteiger partial charge in [0, 0.05) is 16.2 Å². The molecule has 2 aromatic heterocycles. The van der Waals surface area contributed by atoms with E-state index in [1.165, 1.54) is 16.4 Å². The Kier molecular flexibility index (Phi) is 4.24. The van der Waals surface area contributed by atoms with E-state index in [2.05, 4.69) is 22.6 Å². The first-order valence-electron chi connectivity index (χ1n) is 6.04. The Morgan fingerprint density at radius 2 is 2.06 bits per heavy atom. The summed E-state index contributed by atoms with van der Waals surface area (Å²) in [7, 11) is 0. The average Bonchev–Trinajstić information content (AvgIpc) is 2.96. The molecule has 96 valence electrons. The molecule has 3 nitrogen and oxygen atoms in total.